The van der Waals surface area contributed by atoms with E-state index in [1.54, 1.807) is 29.9 Å². The van der Waals surface area contributed by atoms with E-state index in [2.05, 4.69) is 15.3 Å². The zero-order chi connectivity index (χ0) is 17.1. The van der Waals surface area contributed by atoms with Gasteiger partial charge in [-0.2, -0.15) is 0 Å². The number of carbonyl (C=O) groups excluding carboxylic acids is 1. The number of non-ortho nitro benzene ring substituents is 1. The van der Waals surface area contributed by atoms with Gasteiger partial charge >= 0.3 is 0 Å². The normalized spacial score (nSPS) is 10.4. The summed E-state index contributed by atoms with van der Waals surface area (Å²) in [5, 5.41) is 15.7. The lowest BCUT2D eigenvalue weighted by atomic mass is 10.2. The topological polar surface area (TPSA) is 98.0 Å². The van der Waals surface area contributed by atoms with Crippen molar-refractivity contribution in [1.29, 1.82) is 0 Å². The molecule has 7 nitrogen and oxygen atoms in total. The predicted molar refractivity (Wildman–Crippen MR) is 91.4 cm³/mol. The molecule has 0 unspecified atom stereocenters. The van der Waals surface area contributed by atoms with Gasteiger partial charge in [0.1, 0.15) is 0 Å². The number of nitro groups is 1. The van der Waals surface area contributed by atoms with Crippen molar-refractivity contribution >= 4 is 39.7 Å². The van der Waals surface area contributed by atoms with Crippen LogP contribution in [0.1, 0.15) is 10.4 Å². The molecule has 9 heteroatoms. The zero-order valence-electron chi connectivity index (χ0n) is 12.0. The molecular weight excluding hydrogens is 352 g/mol. The summed E-state index contributed by atoms with van der Waals surface area (Å²) in [5.74, 6) is -0.556. The third kappa shape index (κ3) is 3.39. The van der Waals surface area contributed by atoms with Gasteiger partial charge in [0.15, 0.2) is 5.13 Å². The van der Waals surface area contributed by atoms with Crippen LogP contribution in [0.3, 0.4) is 0 Å². The highest BCUT2D eigenvalue weighted by Gasteiger charge is 2.17. The fraction of sp³-hybridized carbons (Fsp3) is 0. The predicted octanol–water partition coefficient (Wildman–Crippen LogP) is 4.02. The molecule has 3 aromatic rings. The van der Waals surface area contributed by atoms with Crippen molar-refractivity contribution in [2.75, 3.05) is 5.32 Å². The Balaban J connectivity index is 1.82. The first-order valence-corrected chi connectivity index (χ1v) is 7.91. The summed E-state index contributed by atoms with van der Waals surface area (Å²) in [6.45, 7) is 0. The molecule has 1 N–H and O–H groups in total. The molecule has 0 atom stereocenters. The van der Waals surface area contributed by atoms with Gasteiger partial charge in [0.25, 0.3) is 11.6 Å². The van der Waals surface area contributed by atoms with Crippen LogP contribution in [0.15, 0.2) is 48.1 Å². The summed E-state index contributed by atoms with van der Waals surface area (Å²) in [6, 6.07) is 7.30. The number of anilines is 1. The Bertz CT molecular complexity index is 914. The van der Waals surface area contributed by atoms with Crippen molar-refractivity contribution in [2.24, 2.45) is 0 Å². The highest BCUT2D eigenvalue weighted by Crippen LogP contribution is 2.26. The van der Waals surface area contributed by atoms with Gasteiger partial charge in [-0.25, -0.2) is 4.98 Å². The largest absolute Gasteiger partial charge is 0.298 e. The minimum absolute atomic E-state index is 0.0199. The van der Waals surface area contributed by atoms with Gasteiger partial charge in [-0.05, 0) is 18.2 Å². The zero-order valence-corrected chi connectivity index (χ0v) is 13.5. The first kappa shape index (κ1) is 16.0. The van der Waals surface area contributed by atoms with E-state index in [0.717, 1.165) is 11.6 Å². The van der Waals surface area contributed by atoms with Crippen LogP contribution in [0.2, 0.25) is 5.02 Å². The van der Waals surface area contributed by atoms with E-state index in [0.29, 0.717) is 10.8 Å². The van der Waals surface area contributed by atoms with Crippen molar-refractivity contribution in [1.82, 2.24) is 9.97 Å². The first-order valence-electron chi connectivity index (χ1n) is 6.66. The monoisotopic (exact) mass is 360 g/mol. The molecule has 0 bridgehead atoms. The number of nitrogens with one attached hydrogen (secondary N) is 1. The highest BCUT2D eigenvalue weighted by molar-refractivity contribution is 7.14. The second-order valence-corrected chi connectivity index (χ2v) is 5.91. The van der Waals surface area contributed by atoms with Crippen LogP contribution < -0.4 is 5.32 Å². The van der Waals surface area contributed by atoms with Crippen molar-refractivity contribution in [3.8, 4) is 11.3 Å². The molecule has 1 aromatic carbocycles. The summed E-state index contributed by atoms with van der Waals surface area (Å²) in [6.07, 6.45) is 3.30. The van der Waals surface area contributed by atoms with Crippen LogP contribution in [0.4, 0.5) is 10.8 Å². The molecule has 2 heterocycles. The standard InChI is InChI=1S/C15H9ClN4O3S/c16-12-2-1-10(20(22)23)7-11(12)14(21)19-15-18-13(8-24-15)9-3-5-17-6-4-9/h1-8H,(H,18,19,21). The molecule has 0 spiro atoms. The number of nitro benzene ring substituents is 1. The lowest BCUT2D eigenvalue weighted by Crippen LogP contribution is -2.12. The lowest BCUT2D eigenvalue weighted by molar-refractivity contribution is -0.384. The maximum absolute atomic E-state index is 12.3. The minimum atomic E-state index is -0.585. The number of thiazole rings is 1. The van der Waals surface area contributed by atoms with E-state index in [1.165, 1.54) is 23.5 Å². The van der Waals surface area contributed by atoms with Crippen LogP contribution in [-0.2, 0) is 0 Å². The first-order chi connectivity index (χ1) is 11.5. The van der Waals surface area contributed by atoms with Gasteiger partial charge in [0, 0.05) is 35.5 Å². The Morgan fingerprint density at radius 2 is 2.00 bits per heavy atom. The summed E-state index contributed by atoms with van der Waals surface area (Å²) in [4.78, 5) is 30.8. The van der Waals surface area contributed by atoms with Gasteiger partial charge in [-0.1, -0.05) is 11.6 Å². The number of pyridine rings is 1. The molecule has 0 aliphatic rings. The van der Waals surface area contributed by atoms with Gasteiger partial charge in [0.2, 0.25) is 0 Å². The van der Waals surface area contributed by atoms with Gasteiger partial charge < -0.3 is 0 Å². The molecule has 0 saturated carbocycles. The Kier molecular flexibility index (Phi) is 4.50. The van der Waals surface area contributed by atoms with E-state index in [-0.39, 0.29) is 16.3 Å². The number of rotatable bonds is 4. The maximum Gasteiger partial charge on any atom is 0.270 e. The molecule has 0 fully saturated rings. The van der Waals surface area contributed by atoms with Gasteiger partial charge in [-0.3, -0.25) is 25.2 Å². The molecule has 0 aliphatic heterocycles. The van der Waals surface area contributed by atoms with Crippen molar-refractivity contribution in [3.63, 3.8) is 0 Å². The second-order valence-electron chi connectivity index (χ2n) is 4.65. The SMILES string of the molecule is O=C(Nc1nc(-c2ccncc2)cs1)c1cc([N+](=O)[O-])ccc1Cl. The van der Waals surface area contributed by atoms with E-state index < -0.39 is 10.8 Å². The van der Waals surface area contributed by atoms with Crippen LogP contribution in [0, 0.1) is 10.1 Å². The Labute approximate surface area is 145 Å². The molecule has 24 heavy (non-hydrogen) atoms. The van der Waals surface area contributed by atoms with E-state index >= 15 is 0 Å². The van der Waals surface area contributed by atoms with E-state index in [9.17, 15) is 14.9 Å². The number of halogens is 1. The van der Waals surface area contributed by atoms with E-state index in [4.69, 9.17) is 11.6 Å². The molecule has 0 aliphatic carbocycles. The Morgan fingerprint density at radius 3 is 2.71 bits per heavy atom. The molecule has 1 amide bonds. The number of nitrogens with zero attached hydrogens (tertiary/aromatic N) is 3. The molecule has 120 valence electrons. The maximum atomic E-state index is 12.3. The number of aromatic nitrogens is 2. The van der Waals surface area contributed by atoms with Crippen LogP contribution in [0.25, 0.3) is 11.3 Å². The molecule has 2 aromatic heterocycles. The van der Waals surface area contributed by atoms with Gasteiger partial charge in [-0.15, -0.1) is 11.3 Å². The molecule has 0 saturated heterocycles. The Morgan fingerprint density at radius 1 is 1.25 bits per heavy atom. The third-order valence-electron chi connectivity index (χ3n) is 3.11. The summed E-state index contributed by atoms with van der Waals surface area (Å²) in [7, 11) is 0. The third-order valence-corrected chi connectivity index (χ3v) is 4.19. The fourth-order valence-electron chi connectivity index (χ4n) is 1.95. The van der Waals surface area contributed by atoms with Crippen LogP contribution in [0.5, 0.6) is 0 Å². The molecule has 3 rings (SSSR count). The van der Waals surface area contributed by atoms with E-state index in [1.807, 2.05) is 0 Å². The average Bonchev–Trinajstić information content (AvgIpc) is 3.04. The van der Waals surface area contributed by atoms with Gasteiger partial charge in [0.05, 0.1) is 21.2 Å². The number of hydrogen-bond acceptors (Lipinski definition) is 6. The second kappa shape index (κ2) is 6.73. The van der Waals surface area contributed by atoms with Crippen LogP contribution in [-0.4, -0.2) is 20.8 Å². The number of hydrogen-bond donors (Lipinski definition) is 1. The average molecular weight is 361 g/mol. The summed E-state index contributed by atoms with van der Waals surface area (Å²) < 4.78 is 0. The highest BCUT2D eigenvalue weighted by atomic mass is 35.5. The lowest BCUT2D eigenvalue weighted by Gasteiger charge is -2.04. The molecule has 0 radical (unpaired) electrons. The number of carbonyl (C=O) groups is 1. The minimum Gasteiger partial charge on any atom is -0.298 e. The van der Waals surface area contributed by atoms with Crippen molar-refractivity contribution < 1.29 is 9.72 Å². The summed E-state index contributed by atoms with van der Waals surface area (Å²) >= 11 is 7.20. The smallest absolute Gasteiger partial charge is 0.270 e. The number of benzene rings is 1. The van der Waals surface area contributed by atoms with Crippen molar-refractivity contribution in [2.45, 2.75) is 0 Å². The molecular formula is C15H9ClN4O3S. The van der Waals surface area contributed by atoms with Crippen LogP contribution >= 0.6 is 22.9 Å². The number of amides is 1. The summed E-state index contributed by atoms with van der Waals surface area (Å²) in [5.41, 5.74) is 1.38. The quantitative estimate of drug-likeness (QED) is 0.559. The Hall–Kier alpha value is -2.84. The van der Waals surface area contributed by atoms with Crippen molar-refractivity contribution in [3.05, 3.63) is 68.8 Å². The fourth-order valence-corrected chi connectivity index (χ4v) is 2.87.